The van der Waals surface area contributed by atoms with Crippen LogP contribution in [-0.2, 0) is 5.41 Å². The number of benzene rings is 1. The summed E-state index contributed by atoms with van der Waals surface area (Å²) in [6, 6.07) is 8.07. The highest BCUT2D eigenvalue weighted by Gasteiger charge is 2.19. The third-order valence-electron chi connectivity index (χ3n) is 2.95. The minimum absolute atomic E-state index is 0.0243. The van der Waals surface area contributed by atoms with Gasteiger partial charge in [0.1, 0.15) is 0 Å². The summed E-state index contributed by atoms with van der Waals surface area (Å²) in [5, 5.41) is 9.76. The second-order valence-electron chi connectivity index (χ2n) is 4.64. The van der Waals surface area contributed by atoms with E-state index >= 15 is 0 Å². The molecule has 2 nitrogen and oxygen atoms in total. The molecule has 15 heavy (non-hydrogen) atoms. The largest absolute Gasteiger partial charge is 0.388 e. The van der Waals surface area contributed by atoms with Crippen molar-refractivity contribution in [3.63, 3.8) is 0 Å². The Bertz CT molecular complexity index is 320. The van der Waals surface area contributed by atoms with Crippen molar-refractivity contribution in [1.29, 1.82) is 0 Å². The predicted octanol–water partition coefficient (Wildman–Crippen LogP) is 2.37. The van der Waals surface area contributed by atoms with Crippen molar-refractivity contribution in [2.45, 2.75) is 38.7 Å². The van der Waals surface area contributed by atoms with Gasteiger partial charge in [0, 0.05) is 12.0 Å². The molecule has 0 aliphatic heterocycles. The van der Waals surface area contributed by atoms with Crippen molar-refractivity contribution in [3.05, 3.63) is 35.4 Å². The Morgan fingerprint density at radius 2 is 2.07 bits per heavy atom. The zero-order valence-electron chi connectivity index (χ0n) is 9.83. The molecule has 2 heteroatoms. The van der Waals surface area contributed by atoms with Gasteiger partial charge >= 0.3 is 0 Å². The lowest BCUT2D eigenvalue weighted by atomic mass is 9.83. The SMILES string of the molecule is CCC(O)c1cccc(C(C)(C)CN)c1. The van der Waals surface area contributed by atoms with Gasteiger partial charge in [0.05, 0.1) is 6.10 Å². The molecule has 0 aromatic heterocycles. The average molecular weight is 207 g/mol. The average Bonchev–Trinajstić information content (AvgIpc) is 2.28. The summed E-state index contributed by atoms with van der Waals surface area (Å²) in [6.07, 6.45) is 0.380. The van der Waals surface area contributed by atoms with E-state index in [9.17, 15) is 5.11 Å². The van der Waals surface area contributed by atoms with Crippen LogP contribution in [0, 0.1) is 0 Å². The van der Waals surface area contributed by atoms with Crippen LogP contribution in [0.15, 0.2) is 24.3 Å². The van der Waals surface area contributed by atoms with E-state index in [0.717, 1.165) is 12.0 Å². The molecule has 0 heterocycles. The fourth-order valence-electron chi connectivity index (χ4n) is 1.52. The molecule has 0 aliphatic carbocycles. The maximum absolute atomic E-state index is 9.76. The number of rotatable bonds is 4. The van der Waals surface area contributed by atoms with E-state index in [1.165, 1.54) is 5.56 Å². The van der Waals surface area contributed by atoms with Gasteiger partial charge in [-0.15, -0.1) is 0 Å². The van der Waals surface area contributed by atoms with E-state index in [4.69, 9.17) is 5.73 Å². The van der Waals surface area contributed by atoms with E-state index in [1.807, 2.05) is 19.1 Å². The third kappa shape index (κ3) is 2.80. The van der Waals surface area contributed by atoms with Crippen LogP contribution in [0.2, 0.25) is 0 Å². The Hall–Kier alpha value is -0.860. The molecule has 0 spiro atoms. The van der Waals surface area contributed by atoms with Crippen LogP contribution in [0.4, 0.5) is 0 Å². The summed E-state index contributed by atoms with van der Waals surface area (Å²) >= 11 is 0. The molecule has 0 radical (unpaired) electrons. The van der Waals surface area contributed by atoms with Crippen LogP contribution in [-0.4, -0.2) is 11.7 Å². The second-order valence-corrected chi connectivity index (χ2v) is 4.64. The maximum Gasteiger partial charge on any atom is 0.0787 e. The molecule has 0 aliphatic rings. The number of nitrogens with two attached hydrogens (primary N) is 1. The Labute approximate surface area is 92.1 Å². The van der Waals surface area contributed by atoms with E-state index < -0.39 is 0 Å². The van der Waals surface area contributed by atoms with Crippen LogP contribution in [0.25, 0.3) is 0 Å². The van der Waals surface area contributed by atoms with Gasteiger partial charge in [-0.2, -0.15) is 0 Å². The Kier molecular flexibility index (Phi) is 3.89. The standard InChI is InChI=1S/C13H21NO/c1-4-12(15)10-6-5-7-11(8-10)13(2,3)9-14/h5-8,12,15H,4,9,14H2,1-3H3. The van der Waals surface area contributed by atoms with Gasteiger partial charge in [0.2, 0.25) is 0 Å². The lowest BCUT2D eigenvalue weighted by Gasteiger charge is -2.24. The Morgan fingerprint density at radius 3 is 2.60 bits per heavy atom. The molecule has 0 fully saturated rings. The Morgan fingerprint density at radius 1 is 1.40 bits per heavy atom. The third-order valence-corrected chi connectivity index (χ3v) is 2.95. The van der Waals surface area contributed by atoms with E-state index in [0.29, 0.717) is 6.54 Å². The molecule has 1 aromatic carbocycles. The van der Waals surface area contributed by atoms with Crippen molar-refractivity contribution < 1.29 is 5.11 Å². The van der Waals surface area contributed by atoms with Gasteiger partial charge in [-0.05, 0) is 17.5 Å². The number of hydrogen-bond acceptors (Lipinski definition) is 2. The summed E-state index contributed by atoms with van der Waals surface area (Å²) < 4.78 is 0. The first-order valence-electron chi connectivity index (χ1n) is 5.50. The van der Waals surface area contributed by atoms with Gasteiger partial charge in [-0.25, -0.2) is 0 Å². The number of hydrogen-bond donors (Lipinski definition) is 2. The summed E-state index contributed by atoms with van der Waals surface area (Å²) in [5.74, 6) is 0. The van der Waals surface area contributed by atoms with Gasteiger partial charge in [-0.1, -0.05) is 45.0 Å². The fourth-order valence-corrected chi connectivity index (χ4v) is 1.52. The second kappa shape index (κ2) is 4.77. The first kappa shape index (κ1) is 12.2. The smallest absolute Gasteiger partial charge is 0.0787 e. The molecule has 0 bridgehead atoms. The minimum Gasteiger partial charge on any atom is -0.388 e. The molecule has 0 amide bonds. The van der Waals surface area contributed by atoms with Crippen LogP contribution in [0.1, 0.15) is 44.4 Å². The highest BCUT2D eigenvalue weighted by atomic mass is 16.3. The summed E-state index contributed by atoms with van der Waals surface area (Å²) in [5.41, 5.74) is 7.88. The molecule has 1 aromatic rings. The van der Waals surface area contributed by atoms with E-state index in [-0.39, 0.29) is 11.5 Å². The number of aliphatic hydroxyl groups excluding tert-OH is 1. The molecule has 1 atom stereocenters. The van der Waals surface area contributed by atoms with Gasteiger partial charge in [0.15, 0.2) is 0 Å². The molecule has 84 valence electrons. The molecule has 3 N–H and O–H groups in total. The van der Waals surface area contributed by atoms with Crippen molar-refractivity contribution in [3.8, 4) is 0 Å². The van der Waals surface area contributed by atoms with Gasteiger partial charge in [-0.3, -0.25) is 0 Å². The monoisotopic (exact) mass is 207 g/mol. The van der Waals surface area contributed by atoms with Crippen LogP contribution in [0.3, 0.4) is 0 Å². The molecule has 1 rings (SSSR count). The summed E-state index contributed by atoms with van der Waals surface area (Å²) in [7, 11) is 0. The van der Waals surface area contributed by atoms with Crippen molar-refractivity contribution in [1.82, 2.24) is 0 Å². The molecular weight excluding hydrogens is 186 g/mol. The van der Waals surface area contributed by atoms with Crippen LogP contribution < -0.4 is 5.73 Å². The van der Waals surface area contributed by atoms with E-state index in [1.54, 1.807) is 0 Å². The topological polar surface area (TPSA) is 46.2 Å². The Balaban J connectivity index is 3.02. The fraction of sp³-hybridized carbons (Fsp3) is 0.538. The zero-order valence-corrected chi connectivity index (χ0v) is 9.83. The van der Waals surface area contributed by atoms with Gasteiger partial charge in [0.25, 0.3) is 0 Å². The minimum atomic E-state index is -0.362. The zero-order chi connectivity index (χ0) is 11.5. The van der Waals surface area contributed by atoms with Crippen molar-refractivity contribution in [2.75, 3.05) is 6.54 Å². The summed E-state index contributed by atoms with van der Waals surface area (Å²) in [6.45, 7) is 6.82. The van der Waals surface area contributed by atoms with Gasteiger partial charge < -0.3 is 10.8 Å². The lowest BCUT2D eigenvalue weighted by molar-refractivity contribution is 0.173. The highest BCUT2D eigenvalue weighted by Crippen LogP contribution is 2.25. The van der Waals surface area contributed by atoms with Crippen LogP contribution in [0.5, 0.6) is 0 Å². The lowest BCUT2D eigenvalue weighted by Crippen LogP contribution is -2.28. The maximum atomic E-state index is 9.76. The predicted molar refractivity (Wildman–Crippen MR) is 63.8 cm³/mol. The van der Waals surface area contributed by atoms with Crippen LogP contribution >= 0.6 is 0 Å². The molecular formula is C13H21NO. The first-order valence-corrected chi connectivity index (χ1v) is 5.50. The van der Waals surface area contributed by atoms with Crippen molar-refractivity contribution >= 4 is 0 Å². The van der Waals surface area contributed by atoms with Crippen molar-refractivity contribution in [2.24, 2.45) is 5.73 Å². The summed E-state index contributed by atoms with van der Waals surface area (Å²) in [4.78, 5) is 0. The number of aliphatic hydroxyl groups is 1. The molecule has 0 saturated heterocycles. The molecule has 1 unspecified atom stereocenters. The normalized spacial score (nSPS) is 13.9. The molecule has 0 saturated carbocycles. The van der Waals surface area contributed by atoms with E-state index in [2.05, 4.69) is 26.0 Å². The highest BCUT2D eigenvalue weighted by molar-refractivity contribution is 5.30. The quantitative estimate of drug-likeness (QED) is 0.796. The first-order chi connectivity index (χ1) is 7.01.